The van der Waals surface area contributed by atoms with Crippen LogP contribution < -0.4 is 9.62 Å². The molecular weight excluding hydrogens is 602 g/mol. The number of aryl methyl sites for hydroxylation is 1. The van der Waals surface area contributed by atoms with Crippen molar-refractivity contribution >= 4 is 55.1 Å². The Kier molecular flexibility index (Phi) is 11.0. The highest BCUT2D eigenvalue weighted by molar-refractivity contribution is 9.10. The Balaban J connectivity index is 2.06. The molecule has 1 atom stereocenters. The minimum atomic E-state index is -4.13. The van der Waals surface area contributed by atoms with Gasteiger partial charge in [-0.3, -0.25) is 13.9 Å². The van der Waals surface area contributed by atoms with Gasteiger partial charge in [0, 0.05) is 22.6 Å². The van der Waals surface area contributed by atoms with Gasteiger partial charge in [0.15, 0.2) is 0 Å². The zero-order valence-corrected chi connectivity index (χ0v) is 25.4. The number of halogens is 2. The van der Waals surface area contributed by atoms with Gasteiger partial charge in [-0.15, -0.1) is 0 Å². The summed E-state index contributed by atoms with van der Waals surface area (Å²) in [5, 5.41) is 3.32. The van der Waals surface area contributed by atoms with E-state index in [9.17, 15) is 18.0 Å². The summed E-state index contributed by atoms with van der Waals surface area (Å²) in [5.74, 6) is -0.820. The second-order valence-electron chi connectivity index (χ2n) is 9.13. The maximum Gasteiger partial charge on any atom is 0.264 e. The van der Waals surface area contributed by atoms with Gasteiger partial charge in [0.25, 0.3) is 10.0 Å². The highest BCUT2D eigenvalue weighted by Crippen LogP contribution is 2.28. The average Bonchev–Trinajstić information content (AvgIpc) is 2.91. The number of sulfonamides is 1. The Morgan fingerprint density at radius 1 is 1.00 bits per heavy atom. The summed E-state index contributed by atoms with van der Waals surface area (Å²) in [4.78, 5) is 28.6. The topological polar surface area (TPSA) is 86.8 Å². The van der Waals surface area contributed by atoms with Crippen molar-refractivity contribution in [2.75, 3.05) is 17.4 Å². The van der Waals surface area contributed by atoms with Crippen LogP contribution in [-0.2, 0) is 26.2 Å². The molecule has 0 fully saturated rings. The van der Waals surface area contributed by atoms with E-state index in [2.05, 4.69) is 21.2 Å². The molecule has 0 saturated heterocycles. The number of anilines is 1. The lowest BCUT2D eigenvalue weighted by Gasteiger charge is -2.33. The third-order valence-corrected chi connectivity index (χ3v) is 8.87. The van der Waals surface area contributed by atoms with E-state index < -0.39 is 28.5 Å². The number of amides is 2. The largest absolute Gasteiger partial charge is 0.354 e. The first-order chi connectivity index (χ1) is 18.6. The van der Waals surface area contributed by atoms with Gasteiger partial charge in [-0.25, -0.2) is 8.42 Å². The second-order valence-corrected chi connectivity index (χ2v) is 12.3. The van der Waals surface area contributed by atoms with Crippen molar-refractivity contribution in [3.05, 3.63) is 93.4 Å². The van der Waals surface area contributed by atoms with Crippen LogP contribution >= 0.6 is 27.5 Å². The Labute approximate surface area is 244 Å². The van der Waals surface area contributed by atoms with E-state index >= 15 is 0 Å². The van der Waals surface area contributed by atoms with Crippen LogP contribution in [0.25, 0.3) is 0 Å². The summed E-state index contributed by atoms with van der Waals surface area (Å²) < 4.78 is 29.5. The molecule has 0 spiro atoms. The zero-order valence-electron chi connectivity index (χ0n) is 22.2. The Hall–Kier alpha value is -2.88. The Morgan fingerprint density at radius 3 is 2.31 bits per heavy atom. The van der Waals surface area contributed by atoms with Crippen molar-refractivity contribution in [3.63, 3.8) is 0 Å². The molecule has 0 radical (unpaired) electrons. The third kappa shape index (κ3) is 7.84. The molecule has 0 heterocycles. The smallest absolute Gasteiger partial charge is 0.264 e. The minimum Gasteiger partial charge on any atom is -0.354 e. The molecule has 2 amide bonds. The molecule has 0 saturated carbocycles. The summed E-state index contributed by atoms with van der Waals surface area (Å²) in [6, 6.07) is 19.5. The van der Waals surface area contributed by atoms with Crippen LogP contribution in [0.1, 0.15) is 37.8 Å². The van der Waals surface area contributed by atoms with Gasteiger partial charge in [0.05, 0.1) is 10.6 Å². The van der Waals surface area contributed by atoms with Gasteiger partial charge in [0.1, 0.15) is 12.6 Å². The molecule has 0 aliphatic rings. The monoisotopic (exact) mass is 633 g/mol. The molecule has 0 unspecified atom stereocenters. The van der Waals surface area contributed by atoms with Gasteiger partial charge in [-0.2, -0.15) is 0 Å². The lowest BCUT2D eigenvalue weighted by atomic mass is 10.1. The van der Waals surface area contributed by atoms with E-state index in [1.165, 1.54) is 17.0 Å². The lowest BCUT2D eigenvalue weighted by Crippen LogP contribution is -2.52. The quantitative estimate of drug-likeness (QED) is 0.267. The maximum atomic E-state index is 14.0. The number of nitrogens with zero attached hydrogens (tertiary/aromatic N) is 2. The van der Waals surface area contributed by atoms with Gasteiger partial charge in [0.2, 0.25) is 11.8 Å². The normalized spacial score (nSPS) is 12.0. The van der Waals surface area contributed by atoms with Crippen molar-refractivity contribution in [2.45, 2.75) is 51.1 Å². The molecule has 1 N–H and O–H groups in total. The number of hydrogen-bond acceptors (Lipinski definition) is 4. The molecule has 39 heavy (non-hydrogen) atoms. The molecule has 208 valence electrons. The first-order valence-corrected chi connectivity index (χ1v) is 15.3. The molecule has 3 aromatic rings. The number of nitrogens with one attached hydrogen (secondary N) is 1. The van der Waals surface area contributed by atoms with Crippen molar-refractivity contribution in [1.82, 2.24) is 10.2 Å². The Morgan fingerprint density at radius 2 is 1.69 bits per heavy atom. The first-order valence-electron chi connectivity index (χ1n) is 12.7. The first kappa shape index (κ1) is 30.7. The summed E-state index contributed by atoms with van der Waals surface area (Å²) in [5.41, 5.74) is 1.89. The molecular formula is C29H33BrClN3O4S. The van der Waals surface area contributed by atoms with Crippen molar-refractivity contribution in [2.24, 2.45) is 0 Å². The summed E-state index contributed by atoms with van der Waals surface area (Å²) in [6.45, 7) is 5.64. The third-order valence-electron chi connectivity index (χ3n) is 6.22. The molecule has 0 aromatic heterocycles. The van der Waals surface area contributed by atoms with E-state index in [0.29, 0.717) is 33.7 Å². The predicted molar refractivity (Wildman–Crippen MR) is 159 cm³/mol. The predicted octanol–water partition coefficient (Wildman–Crippen LogP) is 5.94. The van der Waals surface area contributed by atoms with E-state index in [0.717, 1.165) is 16.3 Å². The lowest BCUT2D eigenvalue weighted by molar-refractivity contribution is -0.140. The van der Waals surface area contributed by atoms with E-state index in [-0.39, 0.29) is 17.3 Å². The number of carbonyl (C=O) groups excluding carboxylic acids is 2. The highest BCUT2D eigenvalue weighted by atomic mass is 79.9. The molecule has 0 bridgehead atoms. The van der Waals surface area contributed by atoms with Crippen molar-refractivity contribution < 1.29 is 18.0 Å². The molecule has 3 aromatic carbocycles. The van der Waals surface area contributed by atoms with Crippen LogP contribution in [0.15, 0.2) is 82.2 Å². The summed E-state index contributed by atoms with van der Waals surface area (Å²) in [7, 11) is -4.13. The molecule has 0 aliphatic carbocycles. The molecule has 3 rings (SSSR count). The Bertz CT molecular complexity index is 1400. The molecule has 0 aliphatic heterocycles. The van der Waals surface area contributed by atoms with E-state index in [1.54, 1.807) is 60.7 Å². The van der Waals surface area contributed by atoms with Crippen LogP contribution in [0.2, 0.25) is 5.02 Å². The van der Waals surface area contributed by atoms with Gasteiger partial charge >= 0.3 is 0 Å². The standard InChI is InChI=1S/C29H33BrClN3O4S/c1-4-17-32-29(36)27(5-2)33(19-22-9-6-7-12-26(22)31)28(35)20-34(24-11-8-10-23(30)18-24)39(37,38)25-15-13-21(3)14-16-25/h6-16,18,27H,4-5,17,19-20H2,1-3H3,(H,32,36)/t27-/m0/s1. The van der Waals surface area contributed by atoms with Crippen LogP contribution in [0, 0.1) is 6.92 Å². The van der Waals surface area contributed by atoms with Crippen LogP contribution in [0.5, 0.6) is 0 Å². The summed E-state index contributed by atoms with van der Waals surface area (Å²) >= 11 is 9.82. The average molecular weight is 635 g/mol. The highest BCUT2D eigenvalue weighted by Gasteiger charge is 2.33. The van der Waals surface area contributed by atoms with E-state index in [4.69, 9.17) is 11.6 Å². The van der Waals surface area contributed by atoms with Gasteiger partial charge in [-0.1, -0.05) is 83.3 Å². The van der Waals surface area contributed by atoms with Crippen molar-refractivity contribution in [3.8, 4) is 0 Å². The van der Waals surface area contributed by atoms with Crippen LogP contribution in [0.3, 0.4) is 0 Å². The maximum absolute atomic E-state index is 14.0. The van der Waals surface area contributed by atoms with E-state index in [1.807, 2.05) is 20.8 Å². The van der Waals surface area contributed by atoms with Gasteiger partial charge < -0.3 is 10.2 Å². The van der Waals surface area contributed by atoms with Crippen LogP contribution in [0.4, 0.5) is 5.69 Å². The fourth-order valence-corrected chi connectivity index (χ4v) is 6.08. The SMILES string of the molecule is CCCNC(=O)[C@H](CC)N(Cc1ccccc1Cl)C(=O)CN(c1cccc(Br)c1)S(=O)(=O)c1ccc(C)cc1. The summed E-state index contributed by atoms with van der Waals surface area (Å²) in [6.07, 6.45) is 1.08. The number of carbonyl (C=O) groups is 2. The van der Waals surface area contributed by atoms with Crippen LogP contribution in [-0.4, -0.2) is 44.3 Å². The second kappa shape index (κ2) is 14.0. The fraction of sp³-hybridized carbons (Fsp3) is 0.310. The zero-order chi connectivity index (χ0) is 28.6. The van der Waals surface area contributed by atoms with Gasteiger partial charge in [-0.05, 0) is 61.7 Å². The minimum absolute atomic E-state index is 0.0491. The molecule has 7 nitrogen and oxygen atoms in total. The fourth-order valence-electron chi connectivity index (χ4n) is 4.09. The van der Waals surface area contributed by atoms with Crippen molar-refractivity contribution in [1.29, 1.82) is 0 Å². The number of benzene rings is 3. The number of rotatable bonds is 12. The molecule has 10 heteroatoms. The number of hydrogen-bond donors (Lipinski definition) is 1.